The maximum absolute atomic E-state index is 6.47. The molecule has 2 fully saturated rings. The van der Waals surface area contributed by atoms with Gasteiger partial charge in [0.1, 0.15) is 0 Å². The fraction of sp³-hybridized carbons (Fsp3) is 0.643. The molecule has 1 aromatic rings. The molecule has 0 amide bonds. The average molecular weight is 343 g/mol. The van der Waals surface area contributed by atoms with Crippen LogP contribution in [0.25, 0.3) is 0 Å². The summed E-state index contributed by atoms with van der Waals surface area (Å²) in [5.41, 5.74) is 7.70. The van der Waals surface area contributed by atoms with Crippen molar-refractivity contribution in [3.05, 3.63) is 28.5 Å². The van der Waals surface area contributed by atoms with Gasteiger partial charge in [-0.15, -0.1) is 0 Å². The van der Waals surface area contributed by atoms with Crippen molar-refractivity contribution in [1.82, 2.24) is 4.98 Å². The van der Waals surface area contributed by atoms with E-state index in [4.69, 9.17) is 10.5 Å². The standard InChI is InChI=1S/C14H19BrN2OS/c15-12-5-11(7-17-8-12)13(16)10-1-3-18-14(6-10)2-4-19-9-14/h5,7-8,10,13H,1-4,6,9,16H2. The highest BCUT2D eigenvalue weighted by Crippen LogP contribution is 2.43. The molecule has 104 valence electrons. The molecule has 1 aromatic heterocycles. The predicted octanol–water partition coefficient (Wildman–Crippen LogP) is 3.15. The Morgan fingerprint density at radius 1 is 1.53 bits per heavy atom. The maximum atomic E-state index is 6.47. The third-order valence-electron chi connectivity index (χ3n) is 4.22. The van der Waals surface area contributed by atoms with Gasteiger partial charge in [0.05, 0.1) is 5.60 Å². The summed E-state index contributed by atoms with van der Waals surface area (Å²) in [6.07, 6.45) is 7.02. The molecule has 3 unspecified atom stereocenters. The number of aromatic nitrogens is 1. The molecule has 0 aliphatic carbocycles. The largest absolute Gasteiger partial charge is 0.374 e. The minimum absolute atomic E-state index is 0.0661. The number of pyridine rings is 1. The Morgan fingerprint density at radius 3 is 3.16 bits per heavy atom. The number of hydrogen-bond donors (Lipinski definition) is 1. The quantitative estimate of drug-likeness (QED) is 0.896. The van der Waals surface area contributed by atoms with E-state index in [1.165, 1.54) is 12.2 Å². The summed E-state index contributed by atoms with van der Waals surface area (Å²) in [5.74, 6) is 2.86. The van der Waals surface area contributed by atoms with Crippen molar-refractivity contribution < 1.29 is 4.74 Å². The van der Waals surface area contributed by atoms with Crippen LogP contribution in [0.1, 0.15) is 30.9 Å². The Balaban J connectivity index is 1.74. The highest BCUT2D eigenvalue weighted by atomic mass is 79.9. The van der Waals surface area contributed by atoms with Crippen LogP contribution in [0.5, 0.6) is 0 Å². The summed E-state index contributed by atoms with van der Waals surface area (Å²) >= 11 is 5.47. The molecule has 2 N–H and O–H groups in total. The fourth-order valence-electron chi connectivity index (χ4n) is 3.12. The van der Waals surface area contributed by atoms with Crippen LogP contribution in [-0.2, 0) is 4.74 Å². The van der Waals surface area contributed by atoms with Gasteiger partial charge in [0.2, 0.25) is 0 Å². The molecule has 3 heterocycles. The van der Waals surface area contributed by atoms with Gasteiger partial charge in [0, 0.05) is 35.3 Å². The number of nitrogens with zero attached hydrogens (tertiary/aromatic N) is 1. The second-order valence-corrected chi connectivity index (χ2v) is 7.57. The fourth-order valence-corrected chi connectivity index (χ4v) is 4.88. The molecule has 0 aromatic carbocycles. The first-order valence-corrected chi connectivity index (χ1v) is 8.71. The summed E-state index contributed by atoms with van der Waals surface area (Å²) in [4.78, 5) is 4.23. The van der Waals surface area contributed by atoms with Crippen LogP contribution in [0.15, 0.2) is 22.9 Å². The Labute approximate surface area is 126 Å². The van der Waals surface area contributed by atoms with Crippen molar-refractivity contribution in [3.8, 4) is 0 Å². The van der Waals surface area contributed by atoms with Crippen molar-refractivity contribution in [2.75, 3.05) is 18.1 Å². The molecule has 2 saturated heterocycles. The Kier molecular flexibility index (Phi) is 4.17. The third-order valence-corrected chi connectivity index (χ3v) is 5.87. The van der Waals surface area contributed by atoms with Gasteiger partial charge < -0.3 is 10.5 Å². The lowest BCUT2D eigenvalue weighted by molar-refractivity contribution is -0.0834. The number of nitrogens with two attached hydrogens (primary N) is 1. The first kappa shape index (κ1) is 13.9. The van der Waals surface area contributed by atoms with E-state index < -0.39 is 0 Å². The smallest absolute Gasteiger partial charge is 0.0783 e. The zero-order chi connectivity index (χ0) is 13.3. The highest BCUT2D eigenvalue weighted by Gasteiger charge is 2.42. The van der Waals surface area contributed by atoms with Gasteiger partial charge in [-0.2, -0.15) is 11.8 Å². The maximum Gasteiger partial charge on any atom is 0.0783 e. The highest BCUT2D eigenvalue weighted by molar-refractivity contribution is 9.10. The van der Waals surface area contributed by atoms with Crippen molar-refractivity contribution in [2.45, 2.75) is 30.9 Å². The summed E-state index contributed by atoms with van der Waals surface area (Å²) in [5, 5.41) is 0. The number of thioether (sulfide) groups is 1. The molecular weight excluding hydrogens is 324 g/mol. The Hall–Kier alpha value is -0.100. The Morgan fingerprint density at radius 2 is 2.42 bits per heavy atom. The number of halogens is 1. The summed E-state index contributed by atoms with van der Waals surface area (Å²) in [6.45, 7) is 0.848. The first-order valence-electron chi connectivity index (χ1n) is 6.76. The third kappa shape index (κ3) is 2.99. The zero-order valence-corrected chi connectivity index (χ0v) is 13.3. The van der Waals surface area contributed by atoms with Gasteiger partial charge in [-0.25, -0.2) is 0 Å². The topological polar surface area (TPSA) is 48.1 Å². The lowest BCUT2D eigenvalue weighted by atomic mass is 9.80. The second-order valence-electron chi connectivity index (χ2n) is 5.55. The molecule has 0 bridgehead atoms. The van der Waals surface area contributed by atoms with E-state index in [9.17, 15) is 0 Å². The molecule has 3 nitrogen and oxygen atoms in total. The monoisotopic (exact) mass is 342 g/mol. The summed E-state index contributed by atoms with van der Waals surface area (Å²) in [6, 6.07) is 2.15. The van der Waals surface area contributed by atoms with E-state index in [1.807, 2.05) is 18.0 Å². The number of rotatable bonds is 2. The van der Waals surface area contributed by atoms with Gasteiger partial charge in [-0.05, 0) is 58.5 Å². The number of ether oxygens (including phenoxy) is 1. The van der Waals surface area contributed by atoms with Crippen molar-refractivity contribution in [1.29, 1.82) is 0 Å². The van der Waals surface area contributed by atoms with Crippen molar-refractivity contribution >= 4 is 27.7 Å². The minimum Gasteiger partial charge on any atom is -0.374 e. The lowest BCUT2D eigenvalue weighted by Gasteiger charge is -2.40. The van der Waals surface area contributed by atoms with Gasteiger partial charge >= 0.3 is 0 Å². The molecule has 2 aliphatic heterocycles. The zero-order valence-electron chi connectivity index (χ0n) is 10.8. The average Bonchev–Trinajstić information content (AvgIpc) is 2.86. The van der Waals surface area contributed by atoms with Crippen LogP contribution < -0.4 is 5.73 Å². The normalized spacial score (nSPS) is 32.6. The lowest BCUT2D eigenvalue weighted by Crippen LogP contribution is -2.42. The molecule has 19 heavy (non-hydrogen) atoms. The molecule has 0 radical (unpaired) electrons. The van der Waals surface area contributed by atoms with Crippen LogP contribution in [0, 0.1) is 5.92 Å². The van der Waals surface area contributed by atoms with Gasteiger partial charge in [-0.1, -0.05) is 0 Å². The first-order chi connectivity index (χ1) is 9.19. The van der Waals surface area contributed by atoms with Crippen molar-refractivity contribution in [3.63, 3.8) is 0 Å². The molecule has 3 atom stereocenters. The molecule has 0 saturated carbocycles. The second kappa shape index (κ2) is 5.72. The van der Waals surface area contributed by atoms with Crippen LogP contribution in [0.3, 0.4) is 0 Å². The van der Waals surface area contributed by atoms with Gasteiger partial charge in [0.25, 0.3) is 0 Å². The van der Waals surface area contributed by atoms with Crippen LogP contribution >= 0.6 is 27.7 Å². The van der Waals surface area contributed by atoms with Crippen LogP contribution in [0.2, 0.25) is 0 Å². The van der Waals surface area contributed by atoms with E-state index in [-0.39, 0.29) is 11.6 Å². The number of hydrogen-bond acceptors (Lipinski definition) is 4. The van der Waals surface area contributed by atoms with Gasteiger partial charge in [0.15, 0.2) is 0 Å². The summed E-state index contributed by atoms with van der Waals surface area (Å²) < 4.78 is 7.06. The molecule has 5 heteroatoms. The van der Waals surface area contributed by atoms with Crippen molar-refractivity contribution in [2.24, 2.45) is 11.7 Å². The van der Waals surface area contributed by atoms with Crippen LogP contribution in [0.4, 0.5) is 0 Å². The minimum atomic E-state index is 0.0661. The van der Waals surface area contributed by atoms with E-state index in [1.54, 1.807) is 6.20 Å². The molecule has 2 aliphatic rings. The molecule has 1 spiro atoms. The van der Waals surface area contributed by atoms with E-state index in [2.05, 4.69) is 27.0 Å². The van der Waals surface area contributed by atoms with E-state index >= 15 is 0 Å². The predicted molar refractivity (Wildman–Crippen MR) is 82.2 cm³/mol. The van der Waals surface area contributed by atoms with E-state index in [0.717, 1.165) is 35.2 Å². The molecular formula is C14H19BrN2OS. The molecule has 3 rings (SSSR count). The summed E-state index contributed by atoms with van der Waals surface area (Å²) in [7, 11) is 0. The Bertz CT molecular complexity index is 451. The van der Waals surface area contributed by atoms with Gasteiger partial charge in [-0.3, -0.25) is 4.98 Å². The van der Waals surface area contributed by atoms with Crippen LogP contribution in [-0.4, -0.2) is 28.7 Å². The SMILES string of the molecule is NC(c1cncc(Br)c1)C1CCOC2(CCSC2)C1. The van der Waals surface area contributed by atoms with E-state index in [0.29, 0.717) is 5.92 Å².